The number of ketones is 1. The first kappa shape index (κ1) is 19.7. The Morgan fingerprint density at radius 1 is 0.963 bits per heavy atom. The van der Waals surface area contributed by atoms with E-state index in [1.807, 2.05) is 0 Å². The van der Waals surface area contributed by atoms with Gasteiger partial charge in [0.2, 0.25) is 0 Å². The zero-order valence-electron chi connectivity index (χ0n) is 14.9. The molecule has 2 aromatic rings. The van der Waals surface area contributed by atoms with E-state index in [0.717, 1.165) is 6.08 Å². The highest BCUT2D eigenvalue weighted by molar-refractivity contribution is 6.02. The molecule has 27 heavy (non-hydrogen) atoms. The van der Waals surface area contributed by atoms with E-state index in [4.69, 9.17) is 9.47 Å². The number of rotatable bonds is 7. The molecule has 0 unspecified atom stereocenters. The zero-order chi connectivity index (χ0) is 19.8. The number of hydrogen-bond donors (Lipinski definition) is 2. The second-order valence-corrected chi connectivity index (χ2v) is 5.48. The van der Waals surface area contributed by atoms with Gasteiger partial charge < -0.3 is 24.8 Å². The molecule has 0 amide bonds. The predicted octanol–water partition coefficient (Wildman–Crippen LogP) is 3.22. The summed E-state index contributed by atoms with van der Waals surface area (Å²) < 4.78 is 9.94. The van der Waals surface area contributed by atoms with E-state index in [-0.39, 0.29) is 23.0 Å². The molecule has 0 aliphatic carbocycles. The van der Waals surface area contributed by atoms with Crippen molar-refractivity contribution in [1.82, 2.24) is 0 Å². The zero-order valence-corrected chi connectivity index (χ0v) is 14.9. The summed E-state index contributed by atoms with van der Waals surface area (Å²) in [6, 6.07) is 9.13. The molecular formula is C21H19O6-. The molecule has 0 bridgehead atoms. The Kier molecular flexibility index (Phi) is 6.66. The predicted molar refractivity (Wildman–Crippen MR) is 101 cm³/mol. The standard InChI is InChI=1S/C21H20O6/c1-26-20-11-14(5-9-18(20)24)3-7-16(22)13-17(23)8-4-15-6-10-19(25)21(12-15)27-2/h3-13,22,24-25H,1-2H3/p-1/b7-3+,8-4+,16-13?. The van der Waals surface area contributed by atoms with Crippen molar-refractivity contribution in [3.05, 3.63) is 71.5 Å². The summed E-state index contributed by atoms with van der Waals surface area (Å²) in [5.41, 5.74) is 1.30. The molecule has 2 aromatic carbocycles. The van der Waals surface area contributed by atoms with Crippen LogP contribution in [0.2, 0.25) is 0 Å². The number of carbonyl (C=O) groups excluding carboxylic acids is 1. The number of methoxy groups -OCH3 is 2. The SMILES string of the molecule is COc1cc(/C=C/C(O)=CC(=O)/C=C/c2ccc(O)c(OC)c2)ccc1[O-]. The van der Waals surface area contributed by atoms with Crippen LogP contribution in [0, 0.1) is 0 Å². The molecule has 2 N–H and O–H groups in total. The van der Waals surface area contributed by atoms with Gasteiger partial charge in [-0.25, -0.2) is 0 Å². The van der Waals surface area contributed by atoms with E-state index >= 15 is 0 Å². The Morgan fingerprint density at radius 3 is 2.22 bits per heavy atom. The minimum Gasteiger partial charge on any atom is -0.870 e. The first-order valence-electron chi connectivity index (χ1n) is 7.95. The number of ether oxygens (including phenoxy) is 2. The maximum atomic E-state index is 11.9. The number of aromatic hydroxyl groups is 1. The minimum absolute atomic E-state index is 0.00490. The van der Waals surface area contributed by atoms with Crippen molar-refractivity contribution in [3.63, 3.8) is 0 Å². The van der Waals surface area contributed by atoms with Gasteiger partial charge in [-0.2, -0.15) is 0 Å². The topological polar surface area (TPSA) is 99.1 Å². The smallest absolute Gasteiger partial charge is 0.182 e. The third-order valence-electron chi connectivity index (χ3n) is 3.57. The molecule has 140 valence electrons. The van der Waals surface area contributed by atoms with Crippen LogP contribution in [0.5, 0.6) is 23.0 Å². The lowest BCUT2D eigenvalue weighted by atomic mass is 10.1. The quantitative estimate of drug-likeness (QED) is 0.443. The largest absolute Gasteiger partial charge is 0.870 e. The van der Waals surface area contributed by atoms with Gasteiger partial charge in [-0.15, -0.1) is 0 Å². The second kappa shape index (κ2) is 9.15. The molecule has 2 rings (SSSR count). The summed E-state index contributed by atoms with van der Waals surface area (Å²) >= 11 is 0. The van der Waals surface area contributed by atoms with E-state index in [1.54, 1.807) is 24.3 Å². The molecule has 0 saturated carbocycles. The second-order valence-electron chi connectivity index (χ2n) is 5.48. The Balaban J connectivity index is 2.05. The normalized spacial score (nSPS) is 11.9. The van der Waals surface area contributed by atoms with Crippen LogP contribution in [-0.2, 0) is 4.79 Å². The summed E-state index contributed by atoms with van der Waals surface area (Å²) in [6.45, 7) is 0. The van der Waals surface area contributed by atoms with Gasteiger partial charge in [0.15, 0.2) is 17.3 Å². The first-order chi connectivity index (χ1) is 12.9. The van der Waals surface area contributed by atoms with Gasteiger partial charge in [0.25, 0.3) is 0 Å². The molecule has 0 fully saturated rings. The van der Waals surface area contributed by atoms with E-state index in [9.17, 15) is 20.1 Å². The molecule has 0 aliphatic rings. The monoisotopic (exact) mass is 367 g/mol. The lowest BCUT2D eigenvalue weighted by molar-refractivity contribution is -0.270. The average molecular weight is 367 g/mol. The van der Waals surface area contributed by atoms with Crippen LogP contribution in [0.3, 0.4) is 0 Å². The lowest BCUT2D eigenvalue weighted by Crippen LogP contribution is -1.94. The highest BCUT2D eigenvalue weighted by Crippen LogP contribution is 2.27. The number of aliphatic hydroxyl groups excluding tert-OH is 1. The first-order valence-corrected chi connectivity index (χ1v) is 7.95. The molecule has 0 radical (unpaired) electrons. The fourth-order valence-electron chi connectivity index (χ4n) is 2.19. The number of aliphatic hydroxyl groups is 1. The van der Waals surface area contributed by atoms with Gasteiger partial charge in [0, 0.05) is 6.08 Å². The van der Waals surface area contributed by atoms with E-state index in [2.05, 4.69) is 0 Å². The number of benzene rings is 2. The van der Waals surface area contributed by atoms with Gasteiger partial charge in [-0.05, 0) is 41.5 Å². The molecule has 6 nitrogen and oxygen atoms in total. The van der Waals surface area contributed by atoms with Crippen LogP contribution >= 0.6 is 0 Å². The van der Waals surface area contributed by atoms with Crippen LogP contribution in [0.4, 0.5) is 0 Å². The van der Waals surface area contributed by atoms with Crippen molar-refractivity contribution >= 4 is 17.9 Å². The van der Waals surface area contributed by atoms with Crippen LogP contribution in [0.15, 0.2) is 60.4 Å². The van der Waals surface area contributed by atoms with Crippen LogP contribution < -0.4 is 14.6 Å². The van der Waals surface area contributed by atoms with Crippen LogP contribution in [-0.4, -0.2) is 30.2 Å². The molecule has 0 spiro atoms. The van der Waals surface area contributed by atoms with Crippen molar-refractivity contribution in [2.24, 2.45) is 0 Å². The molecular weight excluding hydrogens is 348 g/mol. The Morgan fingerprint density at radius 2 is 1.56 bits per heavy atom. The van der Waals surface area contributed by atoms with Gasteiger partial charge in [-0.1, -0.05) is 36.1 Å². The minimum atomic E-state index is -0.420. The van der Waals surface area contributed by atoms with Gasteiger partial charge in [0.1, 0.15) is 11.5 Å². The highest BCUT2D eigenvalue weighted by Gasteiger charge is 2.01. The van der Waals surface area contributed by atoms with Crippen molar-refractivity contribution < 1.29 is 29.6 Å². The van der Waals surface area contributed by atoms with E-state index in [1.165, 1.54) is 50.6 Å². The maximum Gasteiger partial charge on any atom is 0.182 e. The number of allylic oxidation sites excluding steroid dienone is 3. The fourth-order valence-corrected chi connectivity index (χ4v) is 2.19. The summed E-state index contributed by atoms with van der Waals surface area (Å²) in [5, 5.41) is 30.8. The van der Waals surface area contributed by atoms with Crippen molar-refractivity contribution in [2.75, 3.05) is 14.2 Å². The van der Waals surface area contributed by atoms with Crippen LogP contribution in [0.25, 0.3) is 12.2 Å². The summed E-state index contributed by atoms with van der Waals surface area (Å²) in [5.74, 6) is -0.393. The van der Waals surface area contributed by atoms with Gasteiger partial charge >= 0.3 is 0 Å². The number of carbonyl (C=O) groups is 1. The third-order valence-corrected chi connectivity index (χ3v) is 3.57. The van der Waals surface area contributed by atoms with Crippen molar-refractivity contribution in [1.29, 1.82) is 0 Å². The van der Waals surface area contributed by atoms with Crippen molar-refractivity contribution in [3.8, 4) is 23.0 Å². The van der Waals surface area contributed by atoms with Crippen molar-refractivity contribution in [2.45, 2.75) is 0 Å². The Labute approximate surface area is 156 Å². The molecule has 0 aliphatic heterocycles. The fraction of sp³-hybridized carbons (Fsp3) is 0.0952. The molecule has 0 aromatic heterocycles. The number of hydrogen-bond acceptors (Lipinski definition) is 6. The van der Waals surface area contributed by atoms with Gasteiger partial charge in [-0.3, -0.25) is 4.79 Å². The summed E-state index contributed by atoms with van der Waals surface area (Å²) in [6.07, 6.45) is 6.77. The maximum absolute atomic E-state index is 11.9. The van der Waals surface area contributed by atoms with Gasteiger partial charge in [0.05, 0.1) is 14.2 Å². The van der Waals surface area contributed by atoms with E-state index < -0.39 is 5.78 Å². The Bertz CT molecular complexity index is 909. The third kappa shape index (κ3) is 5.67. The molecule has 0 atom stereocenters. The Hall–Kier alpha value is -3.67. The van der Waals surface area contributed by atoms with E-state index in [0.29, 0.717) is 16.9 Å². The molecule has 6 heteroatoms. The highest BCUT2D eigenvalue weighted by atomic mass is 16.5. The van der Waals surface area contributed by atoms with Crippen LogP contribution in [0.1, 0.15) is 11.1 Å². The summed E-state index contributed by atoms with van der Waals surface area (Å²) in [7, 11) is 2.83. The lowest BCUT2D eigenvalue weighted by Gasteiger charge is -2.11. The average Bonchev–Trinajstić information content (AvgIpc) is 2.66. The number of phenols is 1. The molecule has 0 saturated heterocycles. The summed E-state index contributed by atoms with van der Waals surface area (Å²) in [4.78, 5) is 11.9. The molecule has 0 heterocycles. The number of phenolic OH excluding ortho intramolecular Hbond substituents is 1.